The van der Waals surface area contributed by atoms with Crippen LogP contribution in [-0.4, -0.2) is 4.98 Å². The van der Waals surface area contributed by atoms with Crippen molar-refractivity contribution in [1.29, 1.82) is 0 Å². The van der Waals surface area contributed by atoms with Gasteiger partial charge in [0.15, 0.2) is 0 Å². The third-order valence-electron chi connectivity index (χ3n) is 3.22. The molecular formula is C16H18IrN-. The second-order valence-corrected chi connectivity index (χ2v) is 4.78. The molecule has 97 valence electrons. The van der Waals surface area contributed by atoms with E-state index in [0.717, 1.165) is 12.1 Å². The van der Waals surface area contributed by atoms with Crippen molar-refractivity contribution in [3.8, 4) is 0 Å². The van der Waals surface area contributed by atoms with Crippen LogP contribution >= 0.6 is 0 Å². The van der Waals surface area contributed by atoms with Crippen LogP contribution in [0.25, 0.3) is 0 Å². The van der Waals surface area contributed by atoms with E-state index in [1.165, 1.54) is 11.1 Å². The van der Waals surface area contributed by atoms with Gasteiger partial charge in [-0.25, -0.2) is 0 Å². The van der Waals surface area contributed by atoms with E-state index in [0.29, 0.717) is 0 Å². The summed E-state index contributed by atoms with van der Waals surface area (Å²) in [5.41, 5.74) is 3.46. The van der Waals surface area contributed by atoms with E-state index < -0.39 is 0 Å². The zero-order valence-corrected chi connectivity index (χ0v) is 13.4. The minimum Gasteiger partial charge on any atom is -0.260 e. The van der Waals surface area contributed by atoms with Gasteiger partial charge in [-0.3, -0.25) is 4.98 Å². The molecular weight excluding hydrogens is 398 g/mol. The normalized spacial score (nSPS) is 10.8. The molecule has 0 N–H and O–H groups in total. The van der Waals surface area contributed by atoms with Crippen molar-refractivity contribution >= 4 is 0 Å². The van der Waals surface area contributed by atoms with Crippen molar-refractivity contribution in [1.82, 2.24) is 4.98 Å². The van der Waals surface area contributed by atoms with E-state index in [1.54, 1.807) is 0 Å². The number of benzene rings is 1. The maximum absolute atomic E-state index is 4.46. The van der Waals surface area contributed by atoms with Crippen LogP contribution < -0.4 is 0 Å². The van der Waals surface area contributed by atoms with Crippen LogP contribution in [0.1, 0.15) is 37.6 Å². The van der Waals surface area contributed by atoms with Crippen LogP contribution in [0.3, 0.4) is 0 Å². The molecule has 0 spiro atoms. The van der Waals surface area contributed by atoms with Gasteiger partial charge in [0.25, 0.3) is 0 Å². The van der Waals surface area contributed by atoms with Gasteiger partial charge in [-0.1, -0.05) is 33.3 Å². The Hall–Kier alpha value is -0.981. The summed E-state index contributed by atoms with van der Waals surface area (Å²) in [5, 5.41) is 0. The van der Waals surface area contributed by atoms with Crippen LogP contribution in [0.4, 0.5) is 0 Å². The molecule has 0 aliphatic heterocycles. The first-order chi connectivity index (χ1) is 8.14. The zero-order valence-electron chi connectivity index (χ0n) is 11.0. The van der Waals surface area contributed by atoms with Crippen molar-refractivity contribution in [2.75, 3.05) is 0 Å². The molecule has 1 aromatic heterocycles. The summed E-state index contributed by atoms with van der Waals surface area (Å²) >= 11 is 0. The number of nitrogens with zero attached hydrogens (tertiary/aromatic N) is 1. The molecule has 1 nitrogen and oxygen atoms in total. The van der Waals surface area contributed by atoms with E-state index in [4.69, 9.17) is 0 Å². The predicted octanol–water partition coefficient (Wildman–Crippen LogP) is 3.77. The van der Waals surface area contributed by atoms with Gasteiger partial charge in [0.05, 0.1) is 0 Å². The first-order valence-electron chi connectivity index (χ1n) is 6.08. The standard InChI is InChI=1S/C16H18N.Ir/c1-4-13-8-7-9-14(12-13)16(2,3)15-10-5-6-11-17-15;/h5-11H,4H2,1-3H3;/q-1;. The minimum absolute atomic E-state index is 0. The third-order valence-corrected chi connectivity index (χ3v) is 3.22. The van der Waals surface area contributed by atoms with Gasteiger partial charge in [0, 0.05) is 37.4 Å². The van der Waals surface area contributed by atoms with Crippen molar-refractivity contribution in [2.45, 2.75) is 32.6 Å². The fourth-order valence-electron chi connectivity index (χ4n) is 1.96. The molecule has 18 heavy (non-hydrogen) atoms. The van der Waals surface area contributed by atoms with Gasteiger partial charge in [-0.15, -0.1) is 0 Å². The van der Waals surface area contributed by atoms with E-state index in [2.05, 4.69) is 56.1 Å². The molecule has 2 aromatic rings. The first-order valence-corrected chi connectivity index (χ1v) is 6.08. The molecule has 1 radical (unpaired) electrons. The largest absolute Gasteiger partial charge is 0.260 e. The molecule has 0 amide bonds. The van der Waals surface area contributed by atoms with E-state index in [9.17, 15) is 0 Å². The summed E-state index contributed by atoms with van der Waals surface area (Å²) in [6, 6.07) is 15.9. The molecule has 0 fully saturated rings. The number of rotatable bonds is 3. The van der Waals surface area contributed by atoms with E-state index in [-0.39, 0.29) is 25.5 Å². The number of aryl methyl sites for hydroxylation is 1. The molecule has 2 heteroatoms. The molecule has 0 aliphatic rings. The molecule has 0 saturated carbocycles. The Bertz CT molecular complexity index is 491. The number of hydrogen-bond donors (Lipinski definition) is 0. The smallest absolute Gasteiger partial charge is 0.0482 e. The summed E-state index contributed by atoms with van der Waals surface area (Å²) in [5.74, 6) is 0. The molecule has 0 aliphatic carbocycles. The van der Waals surface area contributed by atoms with Crippen molar-refractivity contribution in [2.24, 2.45) is 0 Å². The fourth-order valence-corrected chi connectivity index (χ4v) is 1.96. The quantitative estimate of drug-likeness (QED) is 0.695. The Morgan fingerprint density at radius 1 is 1.11 bits per heavy atom. The molecule has 1 heterocycles. The Morgan fingerprint density at radius 3 is 2.50 bits per heavy atom. The van der Waals surface area contributed by atoms with Gasteiger partial charge >= 0.3 is 0 Å². The Labute approximate surface area is 123 Å². The Morgan fingerprint density at radius 2 is 1.89 bits per heavy atom. The summed E-state index contributed by atoms with van der Waals surface area (Å²) in [6.45, 7) is 6.55. The minimum atomic E-state index is -0.0908. The van der Waals surface area contributed by atoms with Crippen LogP contribution in [0.2, 0.25) is 0 Å². The molecule has 1 aromatic carbocycles. The second-order valence-electron chi connectivity index (χ2n) is 4.78. The first kappa shape index (κ1) is 15.1. The molecule has 0 bridgehead atoms. The second kappa shape index (κ2) is 6.26. The van der Waals surface area contributed by atoms with E-state index >= 15 is 0 Å². The Balaban J connectivity index is 0.00000162. The molecule has 0 unspecified atom stereocenters. The third kappa shape index (κ3) is 3.07. The van der Waals surface area contributed by atoms with Crippen molar-refractivity contribution < 1.29 is 20.1 Å². The van der Waals surface area contributed by atoms with E-state index in [1.807, 2.05) is 18.3 Å². The molecule has 2 rings (SSSR count). The number of hydrogen-bond acceptors (Lipinski definition) is 1. The topological polar surface area (TPSA) is 12.9 Å². The van der Waals surface area contributed by atoms with Crippen LogP contribution in [0, 0.1) is 6.07 Å². The zero-order chi connectivity index (χ0) is 12.3. The van der Waals surface area contributed by atoms with Crippen LogP contribution in [0.15, 0.2) is 42.6 Å². The summed E-state index contributed by atoms with van der Waals surface area (Å²) in [7, 11) is 0. The van der Waals surface area contributed by atoms with Gasteiger partial charge in [0.2, 0.25) is 0 Å². The SMILES string of the molecule is CCc1[c-]c(C(C)(C)c2ccccn2)ccc1.[Ir]. The maximum Gasteiger partial charge on any atom is 0.0482 e. The Kier molecular flexibility index (Phi) is 5.25. The maximum atomic E-state index is 4.46. The average molecular weight is 417 g/mol. The predicted molar refractivity (Wildman–Crippen MR) is 71.0 cm³/mol. The van der Waals surface area contributed by atoms with Gasteiger partial charge in [-0.2, -0.15) is 35.4 Å². The fraction of sp³-hybridized carbons (Fsp3) is 0.312. The van der Waals surface area contributed by atoms with Crippen molar-refractivity contribution in [3.63, 3.8) is 0 Å². The van der Waals surface area contributed by atoms with Gasteiger partial charge < -0.3 is 0 Å². The summed E-state index contributed by atoms with van der Waals surface area (Å²) < 4.78 is 0. The number of aromatic nitrogens is 1. The van der Waals surface area contributed by atoms with Gasteiger partial charge in [-0.05, 0) is 12.1 Å². The van der Waals surface area contributed by atoms with Crippen LogP contribution in [-0.2, 0) is 31.9 Å². The van der Waals surface area contributed by atoms with Crippen molar-refractivity contribution in [3.05, 3.63) is 65.5 Å². The van der Waals surface area contributed by atoms with Gasteiger partial charge in [0.1, 0.15) is 0 Å². The summed E-state index contributed by atoms with van der Waals surface area (Å²) in [6.07, 6.45) is 2.87. The average Bonchev–Trinajstić information content (AvgIpc) is 2.40. The molecule has 0 atom stereocenters. The molecule has 0 saturated heterocycles. The van der Waals surface area contributed by atoms with Crippen LogP contribution in [0.5, 0.6) is 0 Å². The number of pyridine rings is 1. The summed E-state index contributed by atoms with van der Waals surface area (Å²) in [4.78, 5) is 4.46. The monoisotopic (exact) mass is 417 g/mol.